The molecule has 176 valence electrons. The molecule has 4 rings (SSSR count). The highest BCUT2D eigenvalue weighted by molar-refractivity contribution is 7.89. The Hall–Kier alpha value is -2.53. The zero-order chi connectivity index (χ0) is 23.9. The van der Waals surface area contributed by atoms with Gasteiger partial charge in [0.1, 0.15) is 10.7 Å². The van der Waals surface area contributed by atoms with E-state index in [9.17, 15) is 16.8 Å². The average molecular weight is 489 g/mol. The average Bonchev–Trinajstić information content (AvgIpc) is 2.77. The standard InChI is InChI=1S/C23H28N4O4S2/c1-23(2,3)25-32(28,29)21-10-11-22(24-17-21)26-12-14-27(15-13-26)33(30,31)20-9-8-18-6-4-5-7-19(18)16-20/h4-11,16-17,25H,12-15H2,1-3H3. The Kier molecular flexibility index (Phi) is 6.21. The third-order valence-electron chi connectivity index (χ3n) is 5.39. The van der Waals surface area contributed by atoms with Crippen molar-refractivity contribution in [2.24, 2.45) is 0 Å². The number of benzene rings is 2. The summed E-state index contributed by atoms with van der Waals surface area (Å²) in [5.74, 6) is 0.618. The van der Waals surface area contributed by atoms with E-state index in [0.29, 0.717) is 32.0 Å². The second-order valence-corrected chi connectivity index (χ2v) is 12.7. The fourth-order valence-electron chi connectivity index (χ4n) is 3.82. The van der Waals surface area contributed by atoms with Gasteiger partial charge in [0.15, 0.2) is 0 Å². The Bertz CT molecular complexity index is 1360. The molecule has 1 aromatic heterocycles. The van der Waals surface area contributed by atoms with Crippen molar-refractivity contribution in [3.05, 3.63) is 60.8 Å². The molecule has 0 bridgehead atoms. The summed E-state index contributed by atoms with van der Waals surface area (Å²) in [6.45, 7) is 6.90. The van der Waals surface area contributed by atoms with Crippen molar-refractivity contribution in [1.29, 1.82) is 0 Å². The number of hydrogen-bond acceptors (Lipinski definition) is 6. The molecule has 1 N–H and O–H groups in total. The quantitative estimate of drug-likeness (QED) is 0.593. The predicted octanol–water partition coefficient (Wildman–Crippen LogP) is 2.82. The number of sulfonamides is 2. The summed E-state index contributed by atoms with van der Waals surface area (Å²) >= 11 is 0. The van der Waals surface area contributed by atoms with Gasteiger partial charge in [0.25, 0.3) is 0 Å². The highest BCUT2D eigenvalue weighted by Crippen LogP contribution is 2.24. The zero-order valence-electron chi connectivity index (χ0n) is 18.9. The zero-order valence-corrected chi connectivity index (χ0v) is 20.5. The van der Waals surface area contributed by atoms with Crippen LogP contribution in [0.4, 0.5) is 5.82 Å². The van der Waals surface area contributed by atoms with Crippen molar-refractivity contribution in [3.8, 4) is 0 Å². The lowest BCUT2D eigenvalue weighted by molar-refractivity contribution is 0.384. The molecule has 0 unspecified atom stereocenters. The molecule has 1 aliphatic rings. The number of fused-ring (bicyclic) bond motifs is 1. The van der Waals surface area contributed by atoms with Crippen LogP contribution in [0.25, 0.3) is 10.8 Å². The van der Waals surface area contributed by atoms with Gasteiger partial charge in [-0.1, -0.05) is 30.3 Å². The number of rotatable bonds is 5. The summed E-state index contributed by atoms with van der Waals surface area (Å²) in [7, 11) is -7.26. The van der Waals surface area contributed by atoms with Gasteiger partial charge < -0.3 is 4.90 Å². The van der Waals surface area contributed by atoms with Crippen LogP contribution in [0.5, 0.6) is 0 Å². The molecule has 1 aliphatic heterocycles. The number of pyridine rings is 1. The first kappa shape index (κ1) is 23.6. The van der Waals surface area contributed by atoms with Crippen LogP contribution in [-0.4, -0.2) is 57.8 Å². The van der Waals surface area contributed by atoms with Crippen LogP contribution in [0, 0.1) is 0 Å². The summed E-state index contributed by atoms with van der Waals surface area (Å²) < 4.78 is 55.3. The molecule has 3 aromatic rings. The van der Waals surface area contributed by atoms with E-state index in [1.54, 1.807) is 39.0 Å². The van der Waals surface area contributed by atoms with Crippen LogP contribution in [-0.2, 0) is 20.0 Å². The van der Waals surface area contributed by atoms with Crippen molar-refractivity contribution < 1.29 is 16.8 Å². The maximum Gasteiger partial charge on any atom is 0.243 e. The molecule has 0 spiro atoms. The third kappa shape index (κ3) is 5.19. The van der Waals surface area contributed by atoms with Gasteiger partial charge in [0.2, 0.25) is 20.0 Å². The number of aromatic nitrogens is 1. The first-order valence-electron chi connectivity index (χ1n) is 10.7. The van der Waals surface area contributed by atoms with Gasteiger partial charge in [-0.2, -0.15) is 4.31 Å². The monoisotopic (exact) mass is 488 g/mol. The Morgan fingerprint density at radius 1 is 0.818 bits per heavy atom. The summed E-state index contributed by atoms with van der Waals surface area (Å²) in [6, 6.07) is 16.0. The van der Waals surface area contributed by atoms with Crippen molar-refractivity contribution in [3.63, 3.8) is 0 Å². The first-order chi connectivity index (χ1) is 15.5. The molecule has 0 amide bonds. The number of nitrogens with zero attached hydrogens (tertiary/aromatic N) is 3. The normalized spacial score (nSPS) is 16.3. The molecule has 8 nitrogen and oxygen atoms in total. The van der Waals surface area contributed by atoms with E-state index in [1.165, 1.54) is 16.6 Å². The van der Waals surface area contributed by atoms with Crippen LogP contribution in [0.2, 0.25) is 0 Å². The van der Waals surface area contributed by atoms with Gasteiger partial charge in [-0.3, -0.25) is 0 Å². The van der Waals surface area contributed by atoms with E-state index >= 15 is 0 Å². The Labute approximate surface area is 195 Å². The molecular formula is C23H28N4O4S2. The topological polar surface area (TPSA) is 99.7 Å². The SMILES string of the molecule is CC(C)(C)NS(=O)(=O)c1ccc(N2CCN(S(=O)(=O)c3ccc4ccccc4c3)CC2)nc1. The van der Waals surface area contributed by atoms with E-state index in [4.69, 9.17) is 0 Å². The number of piperazine rings is 1. The van der Waals surface area contributed by atoms with Crippen LogP contribution in [0.1, 0.15) is 20.8 Å². The lowest BCUT2D eigenvalue weighted by atomic mass is 10.1. The van der Waals surface area contributed by atoms with Gasteiger partial charge in [0, 0.05) is 37.9 Å². The number of nitrogens with one attached hydrogen (secondary N) is 1. The van der Waals surface area contributed by atoms with E-state index in [2.05, 4.69) is 9.71 Å². The fourth-order valence-corrected chi connectivity index (χ4v) is 6.64. The third-order valence-corrected chi connectivity index (χ3v) is 9.03. The van der Waals surface area contributed by atoms with E-state index in [-0.39, 0.29) is 9.79 Å². The Morgan fingerprint density at radius 3 is 2.06 bits per heavy atom. The van der Waals surface area contributed by atoms with E-state index in [1.807, 2.05) is 35.2 Å². The highest BCUT2D eigenvalue weighted by atomic mass is 32.2. The van der Waals surface area contributed by atoms with Gasteiger partial charge in [-0.05, 0) is 55.8 Å². The van der Waals surface area contributed by atoms with Crippen molar-refractivity contribution in [2.75, 3.05) is 31.1 Å². The van der Waals surface area contributed by atoms with Crippen molar-refractivity contribution in [1.82, 2.24) is 14.0 Å². The molecule has 10 heteroatoms. The maximum atomic E-state index is 13.2. The molecule has 0 saturated carbocycles. The van der Waals surface area contributed by atoms with Gasteiger partial charge in [-0.25, -0.2) is 26.5 Å². The van der Waals surface area contributed by atoms with Crippen LogP contribution < -0.4 is 9.62 Å². The smallest absolute Gasteiger partial charge is 0.243 e. The minimum absolute atomic E-state index is 0.0960. The molecule has 0 atom stereocenters. The van der Waals surface area contributed by atoms with Gasteiger partial charge in [-0.15, -0.1) is 0 Å². The second-order valence-electron chi connectivity index (χ2n) is 9.11. The minimum atomic E-state index is -3.66. The lowest BCUT2D eigenvalue weighted by Gasteiger charge is -2.34. The van der Waals surface area contributed by atoms with Crippen LogP contribution in [0.15, 0.2) is 70.6 Å². The highest BCUT2D eigenvalue weighted by Gasteiger charge is 2.29. The van der Waals surface area contributed by atoms with Crippen LogP contribution >= 0.6 is 0 Å². The summed E-state index contributed by atoms with van der Waals surface area (Å²) in [5.41, 5.74) is -0.593. The van der Waals surface area contributed by atoms with E-state index in [0.717, 1.165) is 10.8 Å². The molecule has 1 fully saturated rings. The molecule has 33 heavy (non-hydrogen) atoms. The van der Waals surface area contributed by atoms with Gasteiger partial charge in [0.05, 0.1) is 4.90 Å². The summed E-state index contributed by atoms with van der Waals surface area (Å²) in [6.07, 6.45) is 1.33. The number of hydrogen-bond donors (Lipinski definition) is 1. The molecule has 0 radical (unpaired) electrons. The Morgan fingerprint density at radius 2 is 1.45 bits per heavy atom. The first-order valence-corrected chi connectivity index (χ1v) is 13.6. The largest absolute Gasteiger partial charge is 0.354 e. The lowest BCUT2D eigenvalue weighted by Crippen LogP contribution is -2.48. The molecule has 2 heterocycles. The van der Waals surface area contributed by atoms with Crippen molar-refractivity contribution >= 4 is 36.6 Å². The van der Waals surface area contributed by atoms with E-state index < -0.39 is 25.6 Å². The minimum Gasteiger partial charge on any atom is -0.354 e. The molecule has 1 saturated heterocycles. The van der Waals surface area contributed by atoms with Crippen molar-refractivity contribution in [2.45, 2.75) is 36.1 Å². The second kappa shape index (κ2) is 8.68. The predicted molar refractivity (Wildman–Crippen MR) is 129 cm³/mol. The molecule has 2 aromatic carbocycles. The summed E-state index contributed by atoms with van der Waals surface area (Å²) in [5, 5.41) is 1.88. The summed E-state index contributed by atoms with van der Waals surface area (Å²) in [4.78, 5) is 6.66. The molecule has 0 aliphatic carbocycles. The van der Waals surface area contributed by atoms with Gasteiger partial charge >= 0.3 is 0 Å². The van der Waals surface area contributed by atoms with Crippen LogP contribution in [0.3, 0.4) is 0 Å². The molecular weight excluding hydrogens is 460 g/mol. The number of anilines is 1. The fraction of sp³-hybridized carbons (Fsp3) is 0.348. The maximum absolute atomic E-state index is 13.2. The Balaban J connectivity index is 1.45.